The molecule has 0 amide bonds. The van der Waals surface area contributed by atoms with Crippen LogP contribution in [0.2, 0.25) is 0 Å². The molecule has 0 heterocycles. The Kier molecular flexibility index (Phi) is 3.27. The molecule has 0 fully saturated rings. The van der Waals surface area contributed by atoms with Gasteiger partial charge >= 0.3 is 0 Å². The molecule has 0 aliphatic carbocycles. The summed E-state index contributed by atoms with van der Waals surface area (Å²) in [7, 11) is 0. The van der Waals surface area contributed by atoms with Gasteiger partial charge < -0.3 is 5.73 Å². The van der Waals surface area contributed by atoms with Crippen LogP contribution in [0.25, 0.3) is 0 Å². The molecule has 0 saturated heterocycles. The smallest absolute Gasteiger partial charge is 0.144 e. The van der Waals surface area contributed by atoms with Crippen LogP contribution in [0.4, 0.5) is 8.78 Å². The van der Waals surface area contributed by atoms with Gasteiger partial charge in [-0.15, -0.1) is 0 Å². The molecular weight excluding hydrogens is 252 g/mol. The van der Waals surface area contributed by atoms with Gasteiger partial charge in [-0.2, -0.15) is 0 Å². The van der Waals surface area contributed by atoms with E-state index in [2.05, 4.69) is 15.9 Å². The average Bonchev–Trinajstić information content (AvgIpc) is 2.12. The fraction of sp³-hybridized carbons (Fsp3) is 0.400. The van der Waals surface area contributed by atoms with E-state index in [-0.39, 0.29) is 16.6 Å². The van der Waals surface area contributed by atoms with Gasteiger partial charge in [-0.3, -0.25) is 0 Å². The van der Waals surface area contributed by atoms with Gasteiger partial charge in [0.05, 0.1) is 4.47 Å². The van der Waals surface area contributed by atoms with Crippen LogP contribution in [-0.4, -0.2) is 6.54 Å². The average molecular weight is 264 g/mol. The highest BCUT2D eigenvalue weighted by molar-refractivity contribution is 9.10. The first kappa shape index (κ1) is 11.6. The molecular formula is C10H12BrF2N. The summed E-state index contributed by atoms with van der Waals surface area (Å²) < 4.78 is 27.3. The monoisotopic (exact) mass is 263 g/mol. The number of nitrogens with two attached hydrogens (primary N) is 1. The SMILES string of the molecule is CC(C)(CN)c1c(F)ccc(Br)c1F. The minimum Gasteiger partial charge on any atom is -0.330 e. The van der Waals surface area contributed by atoms with Crippen LogP contribution in [0.3, 0.4) is 0 Å². The van der Waals surface area contributed by atoms with Gasteiger partial charge in [-0.05, 0) is 28.1 Å². The zero-order valence-corrected chi connectivity index (χ0v) is 9.66. The zero-order chi connectivity index (χ0) is 10.9. The topological polar surface area (TPSA) is 26.0 Å². The fourth-order valence-electron chi connectivity index (χ4n) is 1.25. The molecule has 1 aromatic carbocycles. The lowest BCUT2D eigenvalue weighted by molar-refractivity contribution is 0.451. The summed E-state index contributed by atoms with van der Waals surface area (Å²) in [5.41, 5.74) is 4.82. The van der Waals surface area contributed by atoms with Crippen molar-refractivity contribution in [1.29, 1.82) is 0 Å². The summed E-state index contributed by atoms with van der Waals surface area (Å²) >= 11 is 3.02. The van der Waals surface area contributed by atoms with Crippen LogP contribution in [0, 0.1) is 11.6 Å². The second-order valence-corrected chi connectivity index (χ2v) is 4.66. The minimum absolute atomic E-state index is 0.0365. The first-order chi connectivity index (χ1) is 6.40. The Morgan fingerprint density at radius 1 is 1.36 bits per heavy atom. The third kappa shape index (κ3) is 1.96. The molecule has 14 heavy (non-hydrogen) atoms. The van der Waals surface area contributed by atoms with Crippen LogP contribution in [0.15, 0.2) is 16.6 Å². The molecule has 1 nitrogen and oxygen atoms in total. The van der Waals surface area contributed by atoms with Crippen LogP contribution in [-0.2, 0) is 5.41 Å². The molecule has 0 atom stereocenters. The standard InChI is InChI=1S/C10H12BrF2N/c1-10(2,5-14)8-7(12)4-3-6(11)9(8)13/h3-4H,5,14H2,1-2H3. The van der Waals surface area contributed by atoms with Crippen LogP contribution in [0.1, 0.15) is 19.4 Å². The molecule has 0 spiro atoms. The maximum Gasteiger partial charge on any atom is 0.144 e. The van der Waals surface area contributed by atoms with Gasteiger partial charge in [0, 0.05) is 17.5 Å². The first-order valence-corrected chi connectivity index (χ1v) is 5.03. The van der Waals surface area contributed by atoms with E-state index in [1.807, 2.05) is 0 Å². The molecule has 0 aliphatic heterocycles. The van der Waals surface area contributed by atoms with Gasteiger partial charge in [-0.1, -0.05) is 13.8 Å². The molecule has 0 bridgehead atoms. The second kappa shape index (κ2) is 3.95. The highest BCUT2D eigenvalue weighted by Crippen LogP contribution is 2.31. The quantitative estimate of drug-likeness (QED) is 0.816. The lowest BCUT2D eigenvalue weighted by atomic mass is 9.84. The molecule has 78 valence electrons. The lowest BCUT2D eigenvalue weighted by Gasteiger charge is -2.24. The lowest BCUT2D eigenvalue weighted by Crippen LogP contribution is -2.30. The van der Waals surface area contributed by atoms with Crippen LogP contribution >= 0.6 is 15.9 Å². The Labute approximate surface area is 90.4 Å². The predicted molar refractivity (Wildman–Crippen MR) is 56.1 cm³/mol. The molecule has 0 saturated carbocycles. The van der Waals surface area contributed by atoms with Crippen molar-refractivity contribution in [3.05, 3.63) is 33.8 Å². The minimum atomic E-state index is -0.696. The third-order valence-electron chi connectivity index (χ3n) is 2.23. The summed E-state index contributed by atoms with van der Waals surface area (Å²) in [4.78, 5) is 0. The van der Waals surface area contributed by atoms with Crippen molar-refractivity contribution in [1.82, 2.24) is 0 Å². The molecule has 1 aromatic rings. The largest absolute Gasteiger partial charge is 0.330 e. The van der Waals surface area contributed by atoms with Crippen LogP contribution < -0.4 is 5.73 Å². The Morgan fingerprint density at radius 2 is 1.93 bits per heavy atom. The van der Waals surface area contributed by atoms with E-state index >= 15 is 0 Å². The van der Waals surface area contributed by atoms with E-state index in [0.29, 0.717) is 0 Å². The third-order valence-corrected chi connectivity index (χ3v) is 2.84. The van der Waals surface area contributed by atoms with Crippen LogP contribution in [0.5, 0.6) is 0 Å². The van der Waals surface area contributed by atoms with Gasteiger partial charge in [0.15, 0.2) is 0 Å². The first-order valence-electron chi connectivity index (χ1n) is 4.24. The summed E-state index contributed by atoms with van der Waals surface area (Å²) in [6, 6.07) is 2.58. The summed E-state index contributed by atoms with van der Waals surface area (Å²) in [6.07, 6.45) is 0. The van der Waals surface area contributed by atoms with Crippen molar-refractivity contribution >= 4 is 15.9 Å². The van der Waals surface area contributed by atoms with Crippen molar-refractivity contribution in [3.63, 3.8) is 0 Å². The van der Waals surface area contributed by atoms with Gasteiger partial charge in [-0.25, -0.2) is 8.78 Å². The summed E-state index contributed by atoms with van der Waals surface area (Å²) in [6.45, 7) is 3.61. The molecule has 0 unspecified atom stereocenters. The number of rotatable bonds is 2. The highest BCUT2D eigenvalue weighted by Gasteiger charge is 2.27. The number of benzene rings is 1. The van der Waals surface area contributed by atoms with E-state index in [1.165, 1.54) is 12.1 Å². The van der Waals surface area contributed by atoms with Gasteiger partial charge in [0.2, 0.25) is 0 Å². The predicted octanol–water partition coefficient (Wildman–Crippen LogP) is 2.96. The van der Waals surface area contributed by atoms with Gasteiger partial charge in [0.25, 0.3) is 0 Å². The normalized spacial score (nSPS) is 11.9. The highest BCUT2D eigenvalue weighted by atomic mass is 79.9. The van der Waals surface area contributed by atoms with E-state index in [1.54, 1.807) is 13.8 Å². The Bertz CT molecular complexity index is 350. The Morgan fingerprint density at radius 3 is 2.43 bits per heavy atom. The van der Waals surface area contributed by atoms with Crippen molar-refractivity contribution in [2.45, 2.75) is 19.3 Å². The number of halogens is 3. The van der Waals surface area contributed by atoms with Crippen molar-refractivity contribution < 1.29 is 8.78 Å². The summed E-state index contributed by atoms with van der Waals surface area (Å²) in [5.74, 6) is -1.12. The molecule has 2 N–H and O–H groups in total. The fourth-order valence-corrected chi connectivity index (χ4v) is 1.58. The molecule has 0 radical (unpaired) electrons. The van der Waals surface area contributed by atoms with Gasteiger partial charge in [0.1, 0.15) is 11.6 Å². The molecule has 1 rings (SSSR count). The van der Waals surface area contributed by atoms with Crippen molar-refractivity contribution in [3.8, 4) is 0 Å². The second-order valence-electron chi connectivity index (χ2n) is 3.81. The Hall–Kier alpha value is -0.480. The Balaban J connectivity index is 3.40. The van der Waals surface area contributed by atoms with Crippen molar-refractivity contribution in [2.24, 2.45) is 5.73 Å². The maximum absolute atomic E-state index is 13.6. The van der Waals surface area contributed by atoms with E-state index in [4.69, 9.17) is 5.73 Å². The molecule has 4 heteroatoms. The number of hydrogen-bond donors (Lipinski definition) is 1. The molecule has 0 aliphatic rings. The van der Waals surface area contributed by atoms with E-state index in [9.17, 15) is 8.78 Å². The molecule has 0 aromatic heterocycles. The zero-order valence-electron chi connectivity index (χ0n) is 8.07. The van der Waals surface area contributed by atoms with E-state index < -0.39 is 17.0 Å². The number of hydrogen-bond acceptors (Lipinski definition) is 1. The van der Waals surface area contributed by atoms with Crippen molar-refractivity contribution in [2.75, 3.05) is 6.54 Å². The summed E-state index contributed by atoms with van der Waals surface area (Å²) in [5, 5.41) is 0. The maximum atomic E-state index is 13.6. The van der Waals surface area contributed by atoms with E-state index in [0.717, 1.165) is 0 Å².